The molecule has 0 bridgehead atoms. The number of carbonyl (C=O) groups excluding carboxylic acids is 1. The van der Waals surface area contributed by atoms with Gasteiger partial charge in [-0.3, -0.25) is 4.79 Å². The number of aryl methyl sites for hydroxylation is 1. The predicted octanol–water partition coefficient (Wildman–Crippen LogP) is 1.81. The van der Waals surface area contributed by atoms with Crippen LogP contribution in [0.5, 0.6) is 0 Å². The van der Waals surface area contributed by atoms with E-state index in [2.05, 4.69) is 5.32 Å². The van der Waals surface area contributed by atoms with Crippen molar-refractivity contribution in [2.75, 3.05) is 13.2 Å². The van der Waals surface area contributed by atoms with Gasteiger partial charge in [-0.2, -0.15) is 0 Å². The zero-order valence-electron chi connectivity index (χ0n) is 9.56. The Kier molecular flexibility index (Phi) is 5.22. The van der Waals surface area contributed by atoms with Gasteiger partial charge >= 0.3 is 0 Å². The topological polar surface area (TPSA) is 49.3 Å². The molecule has 0 spiro atoms. The summed E-state index contributed by atoms with van der Waals surface area (Å²) < 4.78 is 0. The number of nitrogens with one attached hydrogen (secondary N) is 1. The number of aliphatic hydroxyl groups excluding tert-OH is 1. The smallest absolute Gasteiger partial charge is 0.244 e. The summed E-state index contributed by atoms with van der Waals surface area (Å²) in [5.41, 5.74) is 1.18. The first-order valence-electron chi connectivity index (χ1n) is 5.24. The molecule has 16 heavy (non-hydrogen) atoms. The molecule has 0 saturated heterocycles. The summed E-state index contributed by atoms with van der Waals surface area (Å²) in [6.07, 6.45) is 3.35. The number of hydrogen-bond donors (Lipinski definition) is 2. The number of carbonyl (C=O) groups is 1. The van der Waals surface area contributed by atoms with E-state index >= 15 is 0 Å². The van der Waals surface area contributed by atoms with Crippen molar-refractivity contribution >= 4 is 23.3 Å². The van der Waals surface area contributed by atoms with Gasteiger partial charge in [-0.25, -0.2) is 0 Å². The van der Waals surface area contributed by atoms with Gasteiger partial charge in [-0.1, -0.05) is 6.92 Å². The van der Waals surface area contributed by atoms with E-state index in [1.54, 1.807) is 11.3 Å². The summed E-state index contributed by atoms with van der Waals surface area (Å²) in [6, 6.07) is 2.02. The Morgan fingerprint density at radius 3 is 3.00 bits per heavy atom. The fraction of sp³-hybridized carbons (Fsp3) is 0.417. The van der Waals surface area contributed by atoms with Crippen molar-refractivity contribution < 1.29 is 9.90 Å². The number of aliphatic hydroxyl groups is 1. The molecular weight excluding hydrogens is 222 g/mol. The van der Waals surface area contributed by atoms with Gasteiger partial charge in [0.2, 0.25) is 5.91 Å². The predicted molar refractivity (Wildman–Crippen MR) is 67.3 cm³/mol. The summed E-state index contributed by atoms with van der Waals surface area (Å²) in [7, 11) is 0. The molecule has 3 nitrogen and oxygen atoms in total. The van der Waals surface area contributed by atoms with Gasteiger partial charge in [0.1, 0.15) is 0 Å². The van der Waals surface area contributed by atoms with Gasteiger partial charge in [-0.15, -0.1) is 11.3 Å². The van der Waals surface area contributed by atoms with Crippen molar-refractivity contribution in [3.63, 3.8) is 0 Å². The Bertz CT molecular complexity index is 371. The average molecular weight is 239 g/mol. The first-order valence-corrected chi connectivity index (χ1v) is 6.12. The SMILES string of the molecule is Cc1ccsc1C=CC(=O)NCC(C)CO. The van der Waals surface area contributed by atoms with E-state index in [0.29, 0.717) is 6.54 Å². The molecule has 1 heterocycles. The van der Waals surface area contributed by atoms with E-state index in [0.717, 1.165) is 4.88 Å². The van der Waals surface area contributed by atoms with Crippen LogP contribution in [0.15, 0.2) is 17.5 Å². The molecule has 1 aromatic rings. The number of hydrogen-bond acceptors (Lipinski definition) is 3. The largest absolute Gasteiger partial charge is 0.396 e. The van der Waals surface area contributed by atoms with Crippen LogP contribution in [0.1, 0.15) is 17.4 Å². The molecule has 1 amide bonds. The van der Waals surface area contributed by atoms with E-state index in [4.69, 9.17) is 5.11 Å². The fourth-order valence-corrected chi connectivity index (χ4v) is 1.92. The molecule has 4 heteroatoms. The van der Waals surface area contributed by atoms with Crippen molar-refractivity contribution in [3.8, 4) is 0 Å². The Morgan fingerprint density at radius 1 is 1.69 bits per heavy atom. The Hall–Kier alpha value is -1.13. The van der Waals surface area contributed by atoms with Gasteiger partial charge in [-0.05, 0) is 35.9 Å². The molecule has 1 rings (SSSR count). The Labute approximate surface area is 99.8 Å². The van der Waals surface area contributed by atoms with Crippen LogP contribution in [0.4, 0.5) is 0 Å². The molecule has 88 valence electrons. The summed E-state index contributed by atoms with van der Waals surface area (Å²) in [4.78, 5) is 12.5. The number of amides is 1. The second-order valence-corrected chi connectivity index (χ2v) is 4.78. The lowest BCUT2D eigenvalue weighted by Crippen LogP contribution is -2.27. The summed E-state index contributed by atoms with van der Waals surface area (Å²) in [5.74, 6) is -0.0195. The van der Waals surface area contributed by atoms with E-state index in [9.17, 15) is 4.79 Å². The molecule has 0 aliphatic carbocycles. The highest BCUT2D eigenvalue weighted by Gasteiger charge is 2.01. The lowest BCUT2D eigenvalue weighted by molar-refractivity contribution is -0.116. The van der Waals surface area contributed by atoms with Crippen molar-refractivity contribution in [1.82, 2.24) is 5.32 Å². The van der Waals surface area contributed by atoms with Crippen LogP contribution in [-0.2, 0) is 4.79 Å². The molecule has 1 atom stereocenters. The lowest BCUT2D eigenvalue weighted by Gasteiger charge is -2.07. The van der Waals surface area contributed by atoms with Crippen LogP contribution in [0.3, 0.4) is 0 Å². The highest BCUT2D eigenvalue weighted by atomic mass is 32.1. The monoisotopic (exact) mass is 239 g/mol. The summed E-state index contributed by atoms with van der Waals surface area (Å²) in [6.45, 7) is 4.49. The molecule has 0 radical (unpaired) electrons. The van der Waals surface area contributed by atoms with Gasteiger partial charge < -0.3 is 10.4 Å². The molecule has 0 fully saturated rings. The molecule has 1 aromatic heterocycles. The standard InChI is InChI=1S/C12H17NO2S/c1-9(8-14)7-13-12(15)4-3-11-10(2)5-6-16-11/h3-6,9,14H,7-8H2,1-2H3,(H,13,15). The zero-order valence-corrected chi connectivity index (χ0v) is 10.4. The molecule has 0 aromatic carbocycles. The summed E-state index contributed by atoms with van der Waals surface area (Å²) >= 11 is 1.61. The molecular formula is C12H17NO2S. The first kappa shape index (κ1) is 12.9. The molecule has 1 unspecified atom stereocenters. The van der Waals surface area contributed by atoms with Gasteiger partial charge in [0.15, 0.2) is 0 Å². The zero-order chi connectivity index (χ0) is 12.0. The third-order valence-electron chi connectivity index (χ3n) is 2.22. The molecule has 0 aliphatic rings. The van der Waals surface area contributed by atoms with Crippen molar-refractivity contribution in [2.24, 2.45) is 5.92 Å². The minimum atomic E-state index is -0.117. The second kappa shape index (κ2) is 6.45. The maximum atomic E-state index is 11.4. The van der Waals surface area contributed by atoms with Crippen LogP contribution in [0.2, 0.25) is 0 Å². The van der Waals surface area contributed by atoms with Crippen molar-refractivity contribution in [3.05, 3.63) is 28.0 Å². The maximum Gasteiger partial charge on any atom is 0.244 e. The third kappa shape index (κ3) is 4.16. The highest BCUT2D eigenvalue weighted by molar-refractivity contribution is 7.11. The second-order valence-electron chi connectivity index (χ2n) is 3.83. The van der Waals surface area contributed by atoms with Gasteiger partial charge in [0, 0.05) is 24.1 Å². The Balaban J connectivity index is 2.40. The molecule has 0 saturated carbocycles. The van der Waals surface area contributed by atoms with E-state index in [1.807, 2.05) is 31.4 Å². The van der Waals surface area contributed by atoms with Gasteiger partial charge in [0.25, 0.3) is 0 Å². The van der Waals surface area contributed by atoms with Crippen molar-refractivity contribution in [1.29, 1.82) is 0 Å². The first-order chi connectivity index (χ1) is 7.63. The van der Waals surface area contributed by atoms with E-state index < -0.39 is 0 Å². The van der Waals surface area contributed by atoms with E-state index in [-0.39, 0.29) is 18.4 Å². The van der Waals surface area contributed by atoms with Crippen LogP contribution in [0.25, 0.3) is 6.08 Å². The van der Waals surface area contributed by atoms with Gasteiger partial charge in [0.05, 0.1) is 0 Å². The average Bonchev–Trinajstić information content (AvgIpc) is 2.69. The third-order valence-corrected chi connectivity index (χ3v) is 3.21. The maximum absolute atomic E-state index is 11.4. The normalized spacial score (nSPS) is 12.9. The number of rotatable bonds is 5. The molecule has 2 N–H and O–H groups in total. The summed E-state index contributed by atoms with van der Waals surface area (Å²) in [5, 5.41) is 13.5. The quantitative estimate of drug-likeness (QED) is 0.770. The van der Waals surface area contributed by atoms with Crippen LogP contribution in [0, 0.1) is 12.8 Å². The van der Waals surface area contributed by atoms with Crippen LogP contribution in [-0.4, -0.2) is 24.2 Å². The van der Waals surface area contributed by atoms with Crippen LogP contribution >= 0.6 is 11.3 Å². The van der Waals surface area contributed by atoms with Crippen molar-refractivity contribution in [2.45, 2.75) is 13.8 Å². The Morgan fingerprint density at radius 2 is 2.44 bits per heavy atom. The minimum Gasteiger partial charge on any atom is -0.396 e. The molecule has 0 aliphatic heterocycles. The highest BCUT2D eigenvalue weighted by Crippen LogP contribution is 2.16. The van der Waals surface area contributed by atoms with Crippen LogP contribution < -0.4 is 5.32 Å². The fourth-order valence-electron chi connectivity index (χ4n) is 1.10. The lowest BCUT2D eigenvalue weighted by atomic mass is 10.2. The van der Waals surface area contributed by atoms with E-state index in [1.165, 1.54) is 11.6 Å². The minimum absolute atomic E-state index is 0.0913. The number of thiophene rings is 1.